The molecule has 1 aromatic carbocycles. The van der Waals surface area contributed by atoms with E-state index in [1.54, 1.807) is 0 Å². The SMILES string of the molecule is CCNC(=NCC1(CCOCC)CCCC1)NCCS(=O)(=O)c1ccccc1F.I. The third-order valence-corrected chi connectivity index (χ3v) is 7.14. The minimum absolute atomic E-state index is 0. The van der Waals surface area contributed by atoms with Crippen molar-refractivity contribution < 1.29 is 17.5 Å². The number of halogens is 2. The molecule has 2 N–H and O–H groups in total. The van der Waals surface area contributed by atoms with Crippen LogP contribution in [-0.2, 0) is 14.6 Å². The highest BCUT2D eigenvalue weighted by Gasteiger charge is 2.33. The molecule has 172 valence electrons. The lowest BCUT2D eigenvalue weighted by Crippen LogP contribution is -2.40. The summed E-state index contributed by atoms with van der Waals surface area (Å²) < 4.78 is 44.2. The van der Waals surface area contributed by atoms with Crippen molar-refractivity contribution in [2.75, 3.05) is 38.6 Å². The summed E-state index contributed by atoms with van der Waals surface area (Å²) in [6.07, 6.45) is 5.71. The molecule has 1 aromatic rings. The zero-order valence-electron chi connectivity index (χ0n) is 18.0. The number of nitrogens with zero attached hydrogens (tertiary/aromatic N) is 1. The van der Waals surface area contributed by atoms with Gasteiger partial charge in [-0.1, -0.05) is 25.0 Å². The Hall–Kier alpha value is -0.940. The largest absolute Gasteiger partial charge is 0.382 e. The number of hydrogen-bond acceptors (Lipinski definition) is 4. The summed E-state index contributed by atoms with van der Waals surface area (Å²) in [5.41, 5.74) is 0.163. The van der Waals surface area contributed by atoms with Crippen molar-refractivity contribution in [3.8, 4) is 0 Å². The molecule has 0 unspecified atom stereocenters. The van der Waals surface area contributed by atoms with Crippen LogP contribution in [0.4, 0.5) is 4.39 Å². The maximum atomic E-state index is 13.8. The molecule has 0 atom stereocenters. The molecular weight excluding hydrogens is 520 g/mol. The van der Waals surface area contributed by atoms with Gasteiger partial charge in [0.2, 0.25) is 0 Å². The third-order valence-electron chi connectivity index (χ3n) is 5.40. The third kappa shape index (κ3) is 8.30. The minimum Gasteiger partial charge on any atom is -0.382 e. The van der Waals surface area contributed by atoms with E-state index in [1.807, 2.05) is 13.8 Å². The van der Waals surface area contributed by atoms with Gasteiger partial charge in [0.1, 0.15) is 10.7 Å². The van der Waals surface area contributed by atoms with Gasteiger partial charge in [-0.05, 0) is 50.7 Å². The van der Waals surface area contributed by atoms with Gasteiger partial charge in [0.25, 0.3) is 0 Å². The molecule has 2 rings (SSSR count). The van der Waals surface area contributed by atoms with Crippen LogP contribution in [-0.4, -0.2) is 53.0 Å². The molecule has 0 radical (unpaired) electrons. The highest BCUT2D eigenvalue weighted by molar-refractivity contribution is 14.0. The van der Waals surface area contributed by atoms with Gasteiger partial charge in [-0.3, -0.25) is 4.99 Å². The van der Waals surface area contributed by atoms with E-state index in [0.29, 0.717) is 19.0 Å². The lowest BCUT2D eigenvalue weighted by molar-refractivity contribution is 0.107. The first-order chi connectivity index (χ1) is 13.9. The summed E-state index contributed by atoms with van der Waals surface area (Å²) in [7, 11) is -3.70. The van der Waals surface area contributed by atoms with Gasteiger partial charge < -0.3 is 15.4 Å². The van der Waals surface area contributed by atoms with Gasteiger partial charge in [0.05, 0.1) is 5.75 Å². The van der Waals surface area contributed by atoms with Crippen LogP contribution >= 0.6 is 24.0 Å². The Morgan fingerprint density at radius 2 is 1.90 bits per heavy atom. The average molecular weight is 555 g/mol. The van der Waals surface area contributed by atoms with Crippen LogP contribution in [0.3, 0.4) is 0 Å². The standard InChI is InChI=1S/C21H34FN3O3S.HI/c1-3-23-20(25-17-21(11-7-8-12-21)13-15-28-4-2)24-14-16-29(26,27)19-10-6-5-9-18(19)22;/h5-6,9-10H,3-4,7-8,11-17H2,1-2H3,(H2,23,24,25);1H. The molecule has 1 fully saturated rings. The summed E-state index contributed by atoms with van der Waals surface area (Å²) >= 11 is 0. The molecule has 0 amide bonds. The number of rotatable bonds is 11. The number of nitrogens with one attached hydrogen (secondary N) is 2. The normalized spacial score (nSPS) is 16.2. The van der Waals surface area contributed by atoms with Crippen molar-refractivity contribution in [2.24, 2.45) is 10.4 Å². The van der Waals surface area contributed by atoms with E-state index in [0.717, 1.165) is 38.5 Å². The van der Waals surface area contributed by atoms with E-state index in [2.05, 4.69) is 10.6 Å². The Balaban J connectivity index is 0.00000450. The van der Waals surface area contributed by atoms with Crippen LogP contribution in [0.25, 0.3) is 0 Å². The molecule has 0 aromatic heterocycles. The highest BCUT2D eigenvalue weighted by Crippen LogP contribution is 2.41. The lowest BCUT2D eigenvalue weighted by Gasteiger charge is -2.27. The van der Waals surface area contributed by atoms with Crippen LogP contribution in [0.2, 0.25) is 0 Å². The predicted molar refractivity (Wildman–Crippen MR) is 130 cm³/mol. The van der Waals surface area contributed by atoms with Crippen LogP contribution in [0, 0.1) is 11.2 Å². The Morgan fingerprint density at radius 3 is 2.53 bits per heavy atom. The summed E-state index contributed by atoms with van der Waals surface area (Å²) in [4.78, 5) is 4.47. The maximum Gasteiger partial charge on any atom is 0.191 e. The average Bonchev–Trinajstić information content (AvgIpc) is 3.15. The van der Waals surface area contributed by atoms with Gasteiger partial charge in [-0.2, -0.15) is 0 Å². The van der Waals surface area contributed by atoms with Crippen LogP contribution in [0.5, 0.6) is 0 Å². The van der Waals surface area contributed by atoms with Gasteiger partial charge in [-0.25, -0.2) is 12.8 Å². The molecule has 1 aliphatic carbocycles. The molecule has 30 heavy (non-hydrogen) atoms. The summed E-state index contributed by atoms with van der Waals surface area (Å²) in [5, 5.41) is 6.25. The molecule has 0 spiro atoms. The summed E-state index contributed by atoms with van der Waals surface area (Å²) in [6.45, 7) is 6.97. The Labute approximate surface area is 197 Å². The monoisotopic (exact) mass is 555 g/mol. The molecule has 6 nitrogen and oxygen atoms in total. The van der Waals surface area contributed by atoms with Gasteiger partial charge in [0.15, 0.2) is 15.8 Å². The molecule has 0 heterocycles. The van der Waals surface area contributed by atoms with Crippen molar-refractivity contribution in [2.45, 2.75) is 50.8 Å². The first kappa shape index (κ1) is 27.1. The molecule has 0 aliphatic heterocycles. The van der Waals surface area contributed by atoms with Gasteiger partial charge >= 0.3 is 0 Å². The fourth-order valence-electron chi connectivity index (χ4n) is 3.74. The number of benzene rings is 1. The predicted octanol–water partition coefficient (Wildman–Crippen LogP) is 3.76. The van der Waals surface area contributed by atoms with E-state index < -0.39 is 15.7 Å². The molecular formula is C21H35FIN3O3S. The second-order valence-electron chi connectivity index (χ2n) is 7.53. The van der Waals surface area contributed by atoms with Crippen LogP contribution in [0.15, 0.2) is 34.2 Å². The number of guanidine groups is 1. The van der Waals surface area contributed by atoms with E-state index >= 15 is 0 Å². The van der Waals surface area contributed by atoms with Crippen molar-refractivity contribution >= 4 is 39.8 Å². The minimum atomic E-state index is -3.70. The molecule has 0 bridgehead atoms. The Kier molecular flexibility index (Phi) is 12.2. The zero-order chi connectivity index (χ0) is 21.2. The Bertz CT molecular complexity index is 769. The topological polar surface area (TPSA) is 79.8 Å². The number of hydrogen-bond donors (Lipinski definition) is 2. The maximum absolute atomic E-state index is 13.8. The lowest BCUT2D eigenvalue weighted by atomic mass is 9.83. The number of sulfone groups is 1. The van der Waals surface area contributed by atoms with Gasteiger partial charge in [0, 0.05) is 32.8 Å². The molecule has 1 aliphatic rings. The van der Waals surface area contributed by atoms with Crippen LogP contribution < -0.4 is 10.6 Å². The van der Waals surface area contributed by atoms with E-state index in [9.17, 15) is 12.8 Å². The first-order valence-electron chi connectivity index (χ1n) is 10.5. The van der Waals surface area contributed by atoms with Crippen molar-refractivity contribution in [3.05, 3.63) is 30.1 Å². The fourth-order valence-corrected chi connectivity index (χ4v) is 4.99. The quantitative estimate of drug-likeness (QED) is 0.188. The van der Waals surface area contributed by atoms with E-state index in [-0.39, 0.29) is 46.6 Å². The molecule has 0 saturated heterocycles. The second-order valence-corrected chi connectivity index (χ2v) is 9.60. The smallest absolute Gasteiger partial charge is 0.191 e. The Morgan fingerprint density at radius 1 is 1.20 bits per heavy atom. The van der Waals surface area contributed by atoms with E-state index in [1.165, 1.54) is 31.0 Å². The van der Waals surface area contributed by atoms with Crippen molar-refractivity contribution in [1.29, 1.82) is 0 Å². The second kappa shape index (κ2) is 13.5. The summed E-state index contributed by atoms with van der Waals surface area (Å²) in [5.74, 6) is -0.321. The molecule has 9 heteroatoms. The van der Waals surface area contributed by atoms with Crippen LogP contribution in [0.1, 0.15) is 46.0 Å². The van der Waals surface area contributed by atoms with Gasteiger partial charge in [-0.15, -0.1) is 24.0 Å². The number of aliphatic imine (C=N–C) groups is 1. The van der Waals surface area contributed by atoms with E-state index in [4.69, 9.17) is 9.73 Å². The highest BCUT2D eigenvalue weighted by atomic mass is 127. The molecule has 1 saturated carbocycles. The van der Waals surface area contributed by atoms with Crippen molar-refractivity contribution in [3.63, 3.8) is 0 Å². The number of ether oxygens (including phenoxy) is 1. The first-order valence-corrected chi connectivity index (χ1v) is 12.1. The summed E-state index contributed by atoms with van der Waals surface area (Å²) in [6, 6.07) is 5.46. The fraction of sp³-hybridized carbons (Fsp3) is 0.667. The zero-order valence-corrected chi connectivity index (χ0v) is 21.1. The van der Waals surface area contributed by atoms with Crippen molar-refractivity contribution in [1.82, 2.24) is 10.6 Å².